The number of aliphatic hydroxyl groups excluding tert-OH is 1. The van der Waals surface area contributed by atoms with Crippen molar-refractivity contribution >= 4 is 11.6 Å². The minimum atomic E-state index is -0.771. The van der Waals surface area contributed by atoms with Crippen LogP contribution in [-0.2, 0) is 4.79 Å². The largest absolute Gasteiger partial charge is 0.481 e. The summed E-state index contributed by atoms with van der Waals surface area (Å²) in [4.78, 5) is 13.4. The summed E-state index contributed by atoms with van der Waals surface area (Å²) in [5.74, 6) is 0.408. The lowest BCUT2D eigenvalue weighted by Gasteiger charge is -2.40. The predicted molar refractivity (Wildman–Crippen MR) is 65.1 cm³/mol. The van der Waals surface area contributed by atoms with E-state index in [-0.39, 0.29) is 12.5 Å². The van der Waals surface area contributed by atoms with Crippen LogP contribution in [0.3, 0.4) is 0 Å². The smallest absolute Gasteiger partial charge is 0.250 e. The highest BCUT2D eigenvalue weighted by Crippen LogP contribution is 2.36. The Balaban J connectivity index is 2.46. The number of carbonyl (C=O) groups excluding carboxylic acids is 1. The number of anilines is 1. The van der Waals surface area contributed by atoms with Crippen molar-refractivity contribution in [3.8, 4) is 5.75 Å². The molecule has 17 heavy (non-hydrogen) atoms. The fourth-order valence-corrected chi connectivity index (χ4v) is 1.87. The highest BCUT2D eigenvalue weighted by atomic mass is 16.5. The average molecular weight is 233 g/mol. The molecule has 0 bridgehead atoms. The van der Waals surface area contributed by atoms with Crippen LogP contribution in [0, 0.1) is 0 Å². The SMILES string of the molecule is C=CC(=O)N1CC(C)(CO)Oc2ccccc21. The first-order valence-corrected chi connectivity index (χ1v) is 5.42. The third kappa shape index (κ3) is 2.03. The first kappa shape index (κ1) is 11.7. The van der Waals surface area contributed by atoms with Gasteiger partial charge in [0.25, 0.3) is 5.91 Å². The molecule has 0 aromatic heterocycles. The van der Waals surface area contributed by atoms with E-state index in [0.29, 0.717) is 18.0 Å². The Labute approximate surface area is 100 Å². The lowest BCUT2D eigenvalue weighted by molar-refractivity contribution is -0.115. The first-order valence-electron chi connectivity index (χ1n) is 5.42. The summed E-state index contributed by atoms with van der Waals surface area (Å²) in [6.45, 7) is 5.42. The molecule has 0 spiro atoms. The second-order valence-electron chi connectivity index (χ2n) is 4.31. The monoisotopic (exact) mass is 233 g/mol. The summed E-state index contributed by atoms with van der Waals surface area (Å²) >= 11 is 0. The Morgan fingerprint density at radius 3 is 3.00 bits per heavy atom. The molecule has 0 fully saturated rings. The van der Waals surface area contributed by atoms with Crippen LogP contribution in [0.5, 0.6) is 5.75 Å². The van der Waals surface area contributed by atoms with E-state index in [2.05, 4.69) is 6.58 Å². The molecule has 4 nitrogen and oxygen atoms in total. The minimum Gasteiger partial charge on any atom is -0.481 e. The molecule has 1 N–H and O–H groups in total. The van der Waals surface area contributed by atoms with Crippen LogP contribution < -0.4 is 9.64 Å². The van der Waals surface area contributed by atoms with Crippen molar-refractivity contribution in [3.63, 3.8) is 0 Å². The van der Waals surface area contributed by atoms with Gasteiger partial charge in [0.15, 0.2) is 0 Å². The number of carbonyl (C=O) groups is 1. The van der Waals surface area contributed by atoms with E-state index in [4.69, 9.17) is 4.74 Å². The maximum atomic E-state index is 11.8. The van der Waals surface area contributed by atoms with E-state index in [9.17, 15) is 9.90 Å². The summed E-state index contributed by atoms with van der Waals surface area (Å²) in [7, 11) is 0. The number of rotatable bonds is 2. The van der Waals surface area contributed by atoms with Crippen LogP contribution in [0.25, 0.3) is 0 Å². The van der Waals surface area contributed by atoms with Gasteiger partial charge in [-0.15, -0.1) is 0 Å². The summed E-state index contributed by atoms with van der Waals surface area (Å²) in [6.07, 6.45) is 1.26. The van der Waals surface area contributed by atoms with Gasteiger partial charge in [0.05, 0.1) is 18.8 Å². The third-order valence-electron chi connectivity index (χ3n) is 2.78. The number of ether oxygens (including phenoxy) is 1. The van der Waals surface area contributed by atoms with Crippen LogP contribution >= 0.6 is 0 Å². The van der Waals surface area contributed by atoms with Gasteiger partial charge in [-0.3, -0.25) is 4.79 Å². The normalized spacial score (nSPS) is 22.6. The maximum absolute atomic E-state index is 11.8. The molecule has 2 rings (SSSR count). The van der Waals surface area contributed by atoms with Crippen LogP contribution in [0.2, 0.25) is 0 Å². The Bertz CT molecular complexity index is 458. The van der Waals surface area contributed by atoms with Crippen molar-refractivity contribution in [3.05, 3.63) is 36.9 Å². The number of aliphatic hydroxyl groups is 1. The van der Waals surface area contributed by atoms with Gasteiger partial charge in [-0.25, -0.2) is 0 Å². The van der Waals surface area contributed by atoms with Crippen molar-refractivity contribution in [2.75, 3.05) is 18.1 Å². The number of hydrogen-bond donors (Lipinski definition) is 1. The highest BCUT2D eigenvalue weighted by molar-refractivity contribution is 6.02. The number of amides is 1. The summed E-state index contributed by atoms with van der Waals surface area (Å²) in [6, 6.07) is 7.27. The molecule has 0 saturated carbocycles. The summed E-state index contributed by atoms with van der Waals surface area (Å²) in [5.41, 5.74) is -0.0594. The molecule has 1 aliphatic rings. The van der Waals surface area contributed by atoms with E-state index < -0.39 is 5.60 Å². The molecule has 0 saturated heterocycles. The molecule has 1 aromatic rings. The van der Waals surface area contributed by atoms with Gasteiger partial charge in [-0.05, 0) is 25.1 Å². The van der Waals surface area contributed by atoms with Crippen molar-refractivity contribution in [1.82, 2.24) is 0 Å². The zero-order valence-electron chi connectivity index (χ0n) is 9.72. The molecule has 90 valence electrons. The summed E-state index contributed by atoms with van der Waals surface area (Å²) in [5, 5.41) is 9.36. The molecule has 1 unspecified atom stereocenters. The zero-order chi connectivity index (χ0) is 12.5. The van der Waals surface area contributed by atoms with E-state index in [1.54, 1.807) is 17.9 Å². The molecular weight excluding hydrogens is 218 g/mol. The topological polar surface area (TPSA) is 49.8 Å². The second-order valence-corrected chi connectivity index (χ2v) is 4.31. The van der Waals surface area contributed by atoms with Crippen LogP contribution in [0.1, 0.15) is 6.92 Å². The molecule has 1 heterocycles. The Morgan fingerprint density at radius 1 is 1.65 bits per heavy atom. The van der Waals surface area contributed by atoms with Gasteiger partial charge in [0, 0.05) is 0 Å². The third-order valence-corrected chi connectivity index (χ3v) is 2.78. The number of para-hydroxylation sites is 2. The van der Waals surface area contributed by atoms with Crippen molar-refractivity contribution in [2.24, 2.45) is 0 Å². The fraction of sp³-hybridized carbons (Fsp3) is 0.308. The maximum Gasteiger partial charge on any atom is 0.250 e. The standard InChI is InChI=1S/C13H15NO3/c1-3-12(16)14-8-13(2,9-15)17-11-7-5-4-6-10(11)14/h3-7,15H,1,8-9H2,2H3. The molecular formula is C13H15NO3. The zero-order valence-corrected chi connectivity index (χ0v) is 9.72. The molecule has 4 heteroatoms. The molecule has 1 aromatic carbocycles. The van der Waals surface area contributed by atoms with E-state index in [0.717, 1.165) is 0 Å². The van der Waals surface area contributed by atoms with Gasteiger partial charge in [0.2, 0.25) is 0 Å². The van der Waals surface area contributed by atoms with E-state index in [1.807, 2.05) is 18.2 Å². The Kier molecular flexibility index (Phi) is 2.90. The highest BCUT2D eigenvalue weighted by Gasteiger charge is 2.36. The van der Waals surface area contributed by atoms with Gasteiger partial charge in [-0.2, -0.15) is 0 Å². The molecule has 1 aliphatic heterocycles. The number of benzene rings is 1. The molecule has 0 aliphatic carbocycles. The lowest BCUT2D eigenvalue weighted by Crippen LogP contribution is -2.53. The first-order chi connectivity index (χ1) is 8.09. The average Bonchev–Trinajstić information content (AvgIpc) is 2.37. The van der Waals surface area contributed by atoms with E-state index >= 15 is 0 Å². The molecule has 0 radical (unpaired) electrons. The van der Waals surface area contributed by atoms with Crippen molar-refractivity contribution in [2.45, 2.75) is 12.5 Å². The number of fused-ring (bicyclic) bond motifs is 1. The predicted octanol–water partition coefficient (Wildman–Crippen LogP) is 1.35. The number of nitrogens with zero attached hydrogens (tertiary/aromatic N) is 1. The van der Waals surface area contributed by atoms with Crippen LogP contribution in [0.4, 0.5) is 5.69 Å². The Hall–Kier alpha value is -1.81. The van der Waals surface area contributed by atoms with Crippen molar-refractivity contribution in [1.29, 1.82) is 0 Å². The van der Waals surface area contributed by atoms with Crippen LogP contribution in [-0.4, -0.2) is 29.8 Å². The van der Waals surface area contributed by atoms with Crippen molar-refractivity contribution < 1.29 is 14.6 Å². The van der Waals surface area contributed by atoms with Crippen LogP contribution in [0.15, 0.2) is 36.9 Å². The van der Waals surface area contributed by atoms with Gasteiger partial charge >= 0.3 is 0 Å². The molecule has 1 amide bonds. The van der Waals surface area contributed by atoms with Gasteiger partial charge in [0.1, 0.15) is 11.4 Å². The Morgan fingerprint density at radius 2 is 2.35 bits per heavy atom. The van der Waals surface area contributed by atoms with E-state index in [1.165, 1.54) is 6.08 Å². The quantitative estimate of drug-likeness (QED) is 0.784. The second kappa shape index (κ2) is 4.22. The summed E-state index contributed by atoms with van der Waals surface area (Å²) < 4.78 is 5.72. The fourth-order valence-electron chi connectivity index (χ4n) is 1.87. The minimum absolute atomic E-state index is 0.151. The number of hydrogen-bond acceptors (Lipinski definition) is 3. The van der Waals surface area contributed by atoms with Gasteiger partial charge in [-0.1, -0.05) is 18.7 Å². The molecule has 1 atom stereocenters. The lowest BCUT2D eigenvalue weighted by atomic mass is 10.0. The van der Waals surface area contributed by atoms with Gasteiger partial charge < -0.3 is 14.7 Å².